The van der Waals surface area contributed by atoms with Crippen molar-refractivity contribution in [3.05, 3.63) is 41.7 Å². The van der Waals surface area contributed by atoms with Gasteiger partial charge in [0.2, 0.25) is 0 Å². The van der Waals surface area contributed by atoms with E-state index in [2.05, 4.69) is 10.4 Å². The highest BCUT2D eigenvalue weighted by molar-refractivity contribution is 5.43. The van der Waals surface area contributed by atoms with E-state index < -0.39 is 12.8 Å². The number of halogens is 3. The average Bonchev–Trinajstić information content (AvgIpc) is 2.90. The fourth-order valence-electron chi connectivity index (χ4n) is 2.02. The number of aryl methyl sites for hydroxylation is 1. The molecule has 1 aromatic heterocycles. The number of nitrogens with zero attached hydrogens (tertiary/aromatic N) is 2. The summed E-state index contributed by atoms with van der Waals surface area (Å²) < 4.78 is 48.2. The van der Waals surface area contributed by atoms with Crippen LogP contribution in [0.1, 0.15) is 11.1 Å². The number of methoxy groups -OCH3 is 1. The monoisotopic (exact) mass is 329 g/mol. The molecule has 0 aliphatic carbocycles. The summed E-state index contributed by atoms with van der Waals surface area (Å²) in [6.45, 7) is -0.157. The Morgan fingerprint density at radius 2 is 1.91 bits per heavy atom. The average molecular weight is 329 g/mol. The van der Waals surface area contributed by atoms with E-state index in [4.69, 9.17) is 9.47 Å². The first-order valence-corrected chi connectivity index (χ1v) is 6.92. The lowest BCUT2D eigenvalue weighted by molar-refractivity contribution is -0.153. The number of ether oxygens (including phenoxy) is 2. The molecule has 0 saturated heterocycles. The lowest BCUT2D eigenvalue weighted by atomic mass is 10.2. The second-order valence-corrected chi connectivity index (χ2v) is 5.01. The van der Waals surface area contributed by atoms with Gasteiger partial charge in [0.25, 0.3) is 0 Å². The Morgan fingerprint density at radius 1 is 1.17 bits per heavy atom. The van der Waals surface area contributed by atoms with Crippen molar-refractivity contribution in [2.75, 3.05) is 13.7 Å². The van der Waals surface area contributed by atoms with E-state index in [0.717, 1.165) is 11.1 Å². The molecule has 0 atom stereocenters. The van der Waals surface area contributed by atoms with Gasteiger partial charge in [-0.3, -0.25) is 4.68 Å². The molecule has 0 radical (unpaired) electrons. The number of benzene rings is 1. The number of aromatic nitrogens is 2. The van der Waals surface area contributed by atoms with Gasteiger partial charge in [-0.2, -0.15) is 18.3 Å². The minimum atomic E-state index is -4.38. The van der Waals surface area contributed by atoms with Crippen LogP contribution in [-0.4, -0.2) is 29.7 Å². The van der Waals surface area contributed by atoms with Crippen molar-refractivity contribution in [1.29, 1.82) is 0 Å². The van der Waals surface area contributed by atoms with Gasteiger partial charge in [0.1, 0.15) is 0 Å². The molecule has 0 fully saturated rings. The van der Waals surface area contributed by atoms with Crippen molar-refractivity contribution in [2.45, 2.75) is 19.3 Å². The van der Waals surface area contributed by atoms with Gasteiger partial charge in [0.05, 0.1) is 13.3 Å². The first-order valence-electron chi connectivity index (χ1n) is 6.92. The van der Waals surface area contributed by atoms with Gasteiger partial charge in [-0.1, -0.05) is 6.07 Å². The Morgan fingerprint density at radius 3 is 2.52 bits per heavy atom. The van der Waals surface area contributed by atoms with Crippen molar-refractivity contribution in [3.8, 4) is 11.5 Å². The second-order valence-electron chi connectivity index (χ2n) is 5.01. The molecule has 0 bridgehead atoms. The molecule has 126 valence electrons. The summed E-state index contributed by atoms with van der Waals surface area (Å²) >= 11 is 0. The molecule has 0 unspecified atom stereocenters. The molecule has 0 aliphatic rings. The van der Waals surface area contributed by atoms with Crippen LogP contribution in [0, 0.1) is 0 Å². The fourth-order valence-corrected chi connectivity index (χ4v) is 2.02. The third-order valence-electron chi connectivity index (χ3n) is 3.04. The first kappa shape index (κ1) is 17.1. The molecule has 1 aromatic carbocycles. The van der Waals surface area contributed by atoms with Gasteiger partial charge in [-0.15, -0.1) is 0 Å². The Kier molecular flexibility index (Phi) is 5.49. The molecular formula is C15H18F3N3O2. The summed E-state index contributed by atoms with van der Waals surface area (Å²) in [6.07, 6.45) is -0.710. The van der Waals surface area contributed by atoms with Crippen molar-refractivity contribution in [3.63, 3.8) is 0 Å². The third-order valence-corrected chi connectivity index (χ3v) is 3.04. The van der Waals surface area contributed by atoms with E-state index >= 15 is 0 Å². The molecule has 1 heterocycles. The van der Waals surface area contributed by atoms with Crippen LogP contribution in [0.4, 0.5) is 13.2 Å². The third kappa shape index (κ3) is 5.48. The largest absolute Gasteiger partial charge is 0.493 e. The highest BCUT2D eigenvalue weighted by atomic mass is 19.4. The van der Waals surface area contributed by atoms with Crippen molar-refractivity contribution in [2.24, 2.45) is 7.05 Å². The van der Waals surface area contributed by atoms with Crippen LogP contribution in [0.25, 0.3) is 0 Å². The van der Waals surface area contributed by atoms with E-state index in [1.165, 1.54) is 13.2 Å². The van der Waals surface area contributed by atoms with Gasteiger partial charge in [-0.25, -0.2) is 0 Å². The summed E-state index contributed by atoms with van der Waals surface area (Å²) in [6, 6.07) is 4.83. The van der Waals surface area contributed by atoms with Crippen LogP contribution < -0.4 is 14.8 Å². The Balaban J connectivity index is 1.92. The quantitative estimate of drug-likeness (QED) is 0.848. The second kappa shape index (κ2) is 7.36. The predicted molar refractivity (Wildman–Crippen MR) is 78.3 cm³/mol. The summed E-state index contributed by atoms with van der Waals surface area (Å²) in [7, 11) is 3.23. The molecule has 0 saturated carbocycles. The smallest absolute Gasteiger partial charge is 0.422 e. The maximum absolute atomic E-state index is 12.2. The van der Waals surface area contributed by atoms with E-state index in [-0.39, 0.29) is 11.5 Å². The summed E-state index contributed by atoms with van der Waals surface area (Å²) in [4.78, 5) is 0. The van der Waals surface area contributed by atoms with Gasteiger partial charge in [-0.05, 0) is 17.7 Å². The van der Waals surface area contributed by atoms with E-state index in [1.54, 1.807) is 23.0 Å². The number of hydrogen-bond donors (Lipinski definition) is 1. The Labute approximate surface area is 132 Å². The van der Waals surface area contributed by atoms with Crippen LogP contribution in [-0.2, 0) is 20.1 Å². The summed E-state index contributed by atoms with van der Waals surface area (Å²) in [5.41, 5.74) is 1.93. The highest BCUT2D eigenvalue weighted by Gasteiger charge is 2.29. The topological polar surface area (TPSA) is 48.3 Å². The number of alkyl halides is 3. The molecule has 23 heavy (non-hydrogen) atoms. The summed E-state index contributed by atoms with van der Waals surface area (Å²) in [5.74, 6) is 0.343. The molecule has 2 rings (SSSR count). The molecule has 0 amide bonds. The van der Waals surface area contributed by atoms with Crippen LogP contribution in [0.5, 0.6) is 11.5 Å². The molecule has 1 N–H and O–H groups in total. The molecule has 0 spiro atoms. The molecule has 8 heteroatoms. The van der Waals surface area contributed by atoms with Crippen LogP contribution >= 0.6 is 0 Å². The maximum Gasteiger partial charge on any atom is 0.422 e. The van der Waals surface area contributed by atoms with Crippen LogP contribution in [0.15, 0.2) is 30.6 Å². The van der Waals surface area contributed by atoms with E-state index in [1.807, 2.05) is 13.2 Å². The van der Waals surface area contributed by atoms with Gasteiger partial charge in [0, 0.05) is 31.9 Å². The number of nitrogens with one attached hydrogen (secondary N) is 1. The van der Waals surface area contributed by atoms with Crippen LogP contribution in [0.3, 0.4) is 0 Å². The van der Waals surface area contributed by atoms with E-state index in [0.29, 0.717) is 13.1 Å². The zero-order valence-electron chi connectivity index (χ0n) is 12.9. The fraction of sp³-hybridized carbons (Fsp3) is 0.400. The summed E-state index contributed by atoms with van der Waals surface area (Å²) in [5, 5.41) is 7.30. The SMILES string of the molecule is COc1cc(CNCc2cnn(C)c2)ccc1OCC(F)(F)F. The lowest BCUT2D eigenvalue weighted by Gasteiger charge is -2.13. The van der Waals surface area contributed by atoms with Gasteiger partial charge in [0.15, 0.2) is 18.1 Å². The molecule has 5 nitrogen and oxygen atoms in total. The van der Waals surface area contributed by atoms with Crippen molar-refractivity contribution >= 4 is 0 Å². The standard InChI is InChI=1S/C15H18F3N3O2/c1-21-9-12(8-20-21)7-19-6-11-3-4-13(14(5-11)22-2)23-10-15(16,17)18/h3-5,8-9,19H,6-7,10H2,1-2H3. The molecule has 2 aromatic rings. The molecular weight excluding hydrogens is 311 g/mol. The zero-order valence-corrected chi connectivity index (χ0v) is 12.9. The van der Waals surface area contributed by atoms with E-state index in [9.17, 15) is 13.2 Å². The zero-order chi connectivity index (χ0) is 16.9. The van der Waals surface area contributed by atoms with Crippen LogP contribution in [0.2, 0.25) is 0 Å². The number of rotatable bonds is 7. The first-order chi connectivity index (χ1) is 10.9. The van der Waals surface area contributed by atoms with Crippen molar-refractivity contribution < 1.29 is 22.6 Å². The Hall–Kier alpha value is -2.22. The minimum Gasteiger partial charge on any atom is -0.493 e. The normalized spacial score (nSPS) is 11.5. The lowest BCUT2D eigenvalue weighted by Crippen LogP contribution is -2.19. The van der Waals surface area contributed by atoms with Gasteiger partial charge >= 0.3 is 6.18 Å². The number of hydrogen-bond acceptors (Lipinski definition) is 4. The van der Waals surface area contributed by atoms with Gasteiger partial charge < -0.3 is 14.8 Å². The van der Waals surface area contributed by atoms with Crippen molar-refractivity contribution in [1.82, 2.24) is 15.1 Å². The maximum atomic E-state index is 12.2. The predicted octanol–water partition coefficient (Wildman–Crippen LogP) is 2.66. The molecule has 0 aliphatic heterocycles. The highest BCUT2D eigenvalue weighted by Crippen LogP contribution is 2.29. The minimum absolute atomic E-state index is 0.0702. The Bertz CT molecular complexity index is 641.